The first-order valence-corrected chi connectivity index (χ1v) is 11.6. The third-order valence-electron chi connectivity index (χ3n) is 6.24. The molecule has 0 spiro atoms. The number of nitrogens with zero attached hydrogens (tertiary/aromatic N) is 3. The number of anilines is 2. The summed E-state index contributed by atoms with van der Waals surface area (Å²) in [6, 6.07) is 4.77. The Morgan fingerprint density at radius 3 is 2.66 bits per heavy atom. The fourth-order valence-electron chi connectivity index (χ4n) is 4.13. The van der Waals surface area contributed by atoms with E-state index < -0.39 is 11.9 Å². The van der Waals surface area contributed by atoms with Crippen LogP contribution in [0, 0.1) is 11.7 Å². The van der Waals surface area contributed by atoms with Crippen LogP contribution in [0.15, 0.2) is 18.2 Å². The first-order valence-electron chi connectivity index (χ1n) is 11.2. The van der Waals surface area contributed by atoms with E-state index in [4.69, 9.17) is 21.7 Å². The van der Waals surface area contributed by atoms with Gasteiger partial charge in [-0.05, 0) is 38.0 Å². The van der Waals surface area contributed by atoms with E-state index >= 15 is 0 Å². The topological polar surface area (TPSA) is 74.3 Å². The number of hydrogen-bond donors (Lipinski definition) is 1. The molecule has 0 bridgehead atoms. The maximum absolute atomic E-state index is 14.9. The quantitative estimate of drug-likeness (QED) is 0.649. The van der Waals surface area contributed by atoms with Crippen molar-refractivity contribution in [2.45, 2.75) is 32.3 Å². The average molecular weight is 465 g/mol. The molecule has 1 N–H and O–H groups in total. The van der Waals surface area contributed by atoms with Crippen LogP contribution in [0.2, 0.25) is 0 Å². The number of carbonyl (C=O) groups is 2. The molecule has 0 unspecified atom stereocenters. The highest BCUT2D eigenvalue weighted by Crippen LogP contribution is 2.29. The van der Waals surface area contributed by atoms with Crippen molar-refractivity contribution in [2.24, 2.45) is 5.92 Å². The molecule has 2 amide bonds. The van der Waals surface area contributed by atoms with Gasteiger partial charge in [-0.2, -0.15) is 0 Å². The highest BCUT2D eigenvalue weighted by Gasteiger charge is 2.34. The summed E-state index contributed by atoms with van der Waals surface area (Å²) in [5, 5.41) is 3.21. The number of nitrogens with one attached hydrogen (secondary N) is 1. The summed E-state index contributed by atoms with van der Waals surface area (Å²) in [6.07, 6.45) is 2.29. The van der Waals surface area contributed by atoms with Crippen LogP contribution < -0.4 is 15.1 Å². The Bertz CT molecular complexity index is 873. The standard InChI is InChI=1S/C22H29FN4O4S/c1-2-30-21(28)26-10-8-25(9-11-26)19-7-6-16(12-18(19)23)27-14-17(31-22(27)29)13-24-20(32)15-4-3-5-15/h6-7,12,15,17H,2-5,8-11,13-14H2,1H3,(H,24,32)/t17-/m0/s1. The van der Waals surface area contributed by atoms with E-state index in [1.807, 2.05) is 4.90 Å². The number of amides is 2. The molecule has 1 aromatic carbocycles. The lowest BCUT2D eigenvalue weighted by Crippen LogP contribution is -2.49. The Kier molecular flexibility index (Phi) is 6.98. The number of piperazine rings is 1. The third kappa shape index (κ3) is 4.90. The molecule has 1 atom stereocenters. The third-order valence-corrected chi connectivity index (χ3v) is 6.72. The smallest absolute Gasteiger partial charge is 0.414 e. The predicted octanol–water partition coefficient (Wildman–Crippen LogP) is 3.15. The number of ether oxygens (including phenoxy) is 2. The number of cyclic esters (lactones) is 1. The molecule has 1 saturated carbocycles. The van der Waals surface area contributed by atoms with Gasteiger partial charge in [0.2, 0.25) is 0 Å². The SMILES string of the molecule is CCOC(=O)N1CCN(c2ccc(N3C[C@H](CNC(=S)C4CCC4)OC3=O)cc2F)CC1. The van der Waals surface area contributed by atoms with Gasteiger partial charge in [-0.1, -0.05) is 18.6 Å². The van der Waals surface area contributed by atoms with E-state index in [9.17, 15) is 14.0 Å². The molecule has 174 valence electrons. The van der Waals surface area contributed by atoms with Crippen LogP contribution >= 0.6 is 12.2 Å². The van der Waals surface area contributed by atoms with Crippen molar-refractivity contribution in [2.75, 3.05) is 55.7 Å². The number of carbonyl (C=O) groups excluding carboxylic acids is 2. The first-order chi connectivity index (χ1) is 15.5. The molecule has 1 aromatic rings. The minimum atomic E-state index is -0.485. The largest absolute Gasteiger partial charge is 0.450 e. The number of rotatable bonds is 6. The summed E-state index contributed by atoms with van der Waals surface area (Å²) in [5.41, 5.74) is 0.916. The molecule has 8 nitrogen and oxygen atoms in total. The van der Waals surface area contributed by atoms with E-state index in [-0.39, 0.29) is 12.2 Å². The van der Waals surface area contributed by atoms with Crippen molar-refractivity contribution in [3.8, 4) is 0 Å². The van der Waals surface area contributed by atoms with Crippen molar-refractivity contribution in [3.63, 3.8) is 0 Å². The van der Waals surface area contributed by atoms with Crippen molar-refractivity contribution in [1.29, 1.82) is 0 Å². The van der Waals surface area contributed by atoms with Gasteiger partial charge in [0.1, 0.15) is 11.9 Å². The number of benzene rings is 1. The Balaban J connectivity index is 1.32. The number of halogens is 1. The van der Waals surface area contributed by atoms with Crippen LogP contribution in [-0.4, -0.2) is 74.1 Å². The van der Waals surface area contributed by atoms with Crippen LogP contribution in [0.25, 0.3) is 0 Å². The van der Waals surface area contributed by atoms with Crippen molar-refractivity contribution in [1.82, 2.24) is 10.2 Å². The van der Waals surface area contributed by atoms with E-state index in [1.54, 1.807) is 24.0 Å². The molecule has 2 saturated heterocycles. The fourth-order valence-corrected chi connectivity index (χ4v) is 4.45. The molecule has 3 fully saturated rings. The second-order valence-corrected chi connectivity index (χ2v) is 8.74. The molecule has 2 aliphatic heterocycles. The molecular weight excluding hydrogens is 435 g/mol. The van der Waals surface area contributed by atoms with Crippen LogP contribution in [0.1, 0.15) is 26.2 Å². The number of hydrogen-bond acceptors (Lipinski definition) is 6. The van der Waals surface area contributed by atoms with E-state index in [1.165, 1.54) is 17.4 Å². The van der Waals surface area contributed by atoms with Gasteiger partial charge >= 0.3 is 12.2 Å². The van der Waals surface area contributed by atoms with Crippen LogP contribution in [-0.2, 0) is 9.47 Å². The molecular formula is C22H29FN4O4S. The Morgan fingerprint density at radius 2 is 2.03 bits per heavy atom. The lowest BCUT2D eigenvalue weighted by atomic mass is 9.85. The maximum Gasteiger partial charge on any atom is 0.414 e. The van der Waals surface area contributed by atoms with Crippen molar-refractivity contribution >= 4 is 40.8 Å². The van der Waals surface area contributed by atoms with Gasteiger partial charge in [0, 0.05) is 32.1 Å². The predicted molar refractivity (Wildman–Crippen MR) is 123 cm³/mol. The van der Waals surface area contributed by atoms with Gasteiger partial charge in [0.15, 0.2) is 0 Å². The molecule has 4 rings (SSSR count). The zero-order valence-corrected chi connectivity index (χ0v) is 19.0. The van der Waals surface area contributed by atoms with E-state index in [0.29, 0.717) is 63.2 Å². The van der Waals surface area contributed by atoms with Gasteiger partial charge in [0.05, 0.1) is 36.1 Å². The van der Waals surface area contributed by atoms with Crippen molar-refractivity contribution < 1.29 is 23.5 Å². The number of thiocarbonyl (C=S) groups is 1. The van der Waals surface area contributed by atoms with Gasteiger partial charge in [0.25, 0.3) is 0 Å². The van der Waals surface area contributed by atoms with Gasteiger partial charge < -0.3 is 24.6 Å². The molecule has 1 aliphatic carbocycles. The molecule has 32 heavy (non-hydrogen) atoms. The average Bonchev–Trinajstić information content (AvgIpc) is 3.12. The van der Waals surface area contributed by atoms with Gasteiger partial charge in [-0.3, -0.25) is 4.90 Å². The van der Waals surface area contributed by atoms with Crippen LogP contribution in [0.3, 0.4) is 0 Å². The van der Waals surface area contributed by atoms with Crippen LogP contribution in [0.4, 0.5) is 25.4 Å². The molecule has 2 heterocycles. The summed E-state index contributed by atoms with van der Waals surface area (Å²) in [6.45, 7) is 4.86. The molecule has 3 aliphatic rings. The summed E-state index contributed by atoms with van der Waals surface area (Å²) in [4.78, 5) is 30.0. The second kappa shape index (κ2) is 9.89. The maximum atomic E-state index is 14.9. The van der Waals surface area contributed by atoms with E-state index in [2.05, 4.69) is 5.32 Å². The van der Waals surface area contributed by atoms with Gasteiger partial charge in [-0.15, -0.1) is 0 Å². The lowest BCUT2D eigenvalue weighted by Gasteiger charge is -2.35. The zero-order valence-electron chi connectivity index (χ0n) is 18.2. The summed E-state index contributed by atoms with van der Waals surface area (Å²) < 4.78 is 25.4. The van der Waals surface area contributed by atoms with Gasteiger partial charge in [-0.25, -0.2) is 14.0 Å². The minimum absolute atomic E-state index is 0.332. The Labute approximate surface area is 192 Å². The molecule has 0 radical (unpaired) electrons. The summed E-state index contributed by atoms with van der Waals surface area (Å²) >= 11 is 5.39. The fraction of sp³-hybridized carbons (Fsp3) is 0.591. The normalized spacial score (nSPS) is 21.2. The van der Waals surface area contributed by atoms with E-state index in [0.717, 1.165) is 17.8 Å². The summed E-state index contributed by atoms with van der Waals surface area (Å²) in [5.74, 6) is 0.0339. The highest BCUT2D eigenvalue weighted by atomic mass is 32.1. The molecule has 0 aromatic heterocycles. The first kappa shape index (κ1) is 22.6. The summed E-state index contributed by atoms with van der Waals surface area (Å²) in [7, 11) is 0. The lowest BCUT2D eigenvalue weighted by molar-refractivity contribution is 0.105. The minimum Gasteiger partial charge on any atom is -0.450 e. The Morgan fingerprint density at radius 1 is 1.28 bits per heavy atom. The zero-order chi connectivity index (χ0) is 22.7. The highest BCUT2D eigenvalue weighted by molar-refractivity contribution is 7.80. The van der Waals surface area contributed by atoms with Crippen molar-refractivity contribution in [3.05, 3.63) is 24.0 Å². The Hall–Kier alpha value is -2.62. The van der Waals surface area contributed by atoms with Crippen LogP contribution in [0.5, 0.6) is 0 Å². The molecule has 10 heteroatoms. The monoisotopic (exact) mass is 464 g/mol. The second-order valence-electron chi connectivity index (χ2n) is 8.30.